The number of imidazole rings is 1. The van der Waals surface area contributed by atoms with Gasteiger partial charge in [-0.25, -0.2) is 4.98 Å². The van der Waals surface area contributed by atoms with Crippen molar-refractivity contribution in [3.05, 3.63) is 63.6 Å². The molecule has 1 fully saturated rings. The monoisotopic (exact) mass is 489 g/mol. The molecule has 168 valence electrons. The molecule has 0 aliphatic carbocycles. The lowest BCUT2D eigenvalue weighted by Gasteiger charge is -2.34. The number of thiophene rings is 1. The molecular weight excluding hydrogens is 466 g/mol. The summed E-state index contributed by atoms with van der Waals surface area (Å²) in [6.45, 7) is 3.93. The molecule has 1 aliphatic heterocycles. The summed E-state index contributed by atoms with van der Waals surface area (Å²) in [5.74, 6) is 0.181. The van der Waals surface area contributed by atoms with Gasteiger partial charge in [-0.15, -0.1) is 11.3 Å². The first-order valence-corrected chi connectivity index (χ1v) is 12.4. The number of nitrogens with zero attached hydrogens (tertiary/aromatic N) is 4. The molecule has 3 aromatic rings. The number of benzene rings is 1. The lowest BCUT2D eigenvalue weighted by atomic mass is 10.1. The maximum atomic E-state index is 12.9. The van der Waals surface area contributed by atoms with Crippen LogP contribution in [0, 0.1) is 0 Å². The van der Waals surface area contributed by atoms with E-state index < -0.39 is 0 Å². The minimum atomic E-state index is -0.111. The summed E-state index contributed by atoms with van der Waals surface area (Å²) in [5, 5.41) is 3.66. The average Bonchev–Trinajstić information content (AvgIpc) is 3.40. The second-order valence-electron chi connectivity index (χ2n) is 7.51. The Kier molecular flexibility index (Phi) is 7.51. The summed E-state index contributed by atoms with van der Waals surface area (Å²) >= 11 is 8.99. The van der Waals surface area contributed by atoms with Crippen molar-refractivity contribution in [3.63, 3.8) is 0 Å². The minimum absolute atomic E-state index is 0.0204. The Morgan fingerprint density at radius 3 is 2.50 bits per heavy atom. The van der Waals surface area contributed by atoms with Crippen LogP contribution in [0.25, 0.3) is 0 Å². The van der Waals surface area contributed by atoms with Gasteiger partial charge in [0.05, 0.1) is 10.1 Å². The van der Waals surface area contributed by atoms with E-state index in [9.17, 15) is 9.59 Å². The number of rotatable bonds is 7. The van der Waals surface area contributed by atoms with Gasteiger partial charge in [-0.3, -0.25) is 14.5 Å². The molecule has 4 rings (SSSR count). The first kappa shape index (κ1) is 22.8. The van der Waals surface area contributed by atoms with Crippen molar-refractivity contribution in [1.29, 1.82) is 0 Å². The van der Waals surface area contributed by atoms with E-state index in [1.54, 1.807) is 41.8 Å². The third kappa shape index (κ3) is 5.92. The van der Waals surface area contributed by atoms with Crippen LogP contribution in [0.2, 0.25) is 4.34 Å². The van der Waals surface area contributed by atoms with Gasteiger partial charge in [-0.05, 0) is 36.4 Å². The van der Waals surface area contributed by atoms with Crippen LogP contribution >= 0.6 is 34.7 Å². The molecule has 2 aromatic heterocycles. The molecule has 0 spiro atoms. The smallest absolute Gasteiger partial charge is 0.253 e. The van der Waals surface area contributed by atoms with Crippen LogP contribution in [0.4, 0.5) is 5.69 Å². The second-order valence-corrected chi connectivity index (χ2v) is 10.3. The largest absolute Gasteiger partial charge is 0.336 e. The molecule has 0 radical (unpaired) electrons. The van der Waals surface area contributed by atoms with E-state index in [1.807, 2.05) is 28.8 Å². The van der Waals surface area contributed by atoms with Crippen LogP contribution in [-0.4, -0.2) is 63.1 Å². The van der Waals surface area contributed by atoms with Crippen LogP contribution < -0.4 is 5.32 Å². The standard InChI is InChI=1S/C22H24ClN5O2S2/c1-26-9-8-24-22(26)31-15-20(29)25-17-4-2-16(3-5-17)21(30)28-12-10-27(11-13-28)14-18-6-7-19(23)32-18/h2-9H,10-15H2,1H3,(H,25,29). The zero-order valence-corrected chi connectivity index (χ0v) is 20.1. The third-order valence-electron chi connectivity index (χ3n) is 5.19. The van der Waals surface area contributed by atoms with E-state index in [2.05, 4.69) is 21.3 Å². The summed E-state index contributed by atoms with van der Waals surface area (Å²) < 4.78 is 2.68. The van der Waals surface area contributed by atoms with E-state index in [-0.39, 0.29) is 17.6 Å². The molecule has 32 heavy (non-hydrogen) atoms. The highest BCUT2D eigenvalue weighted by Crippen LogP contribution is 2.23. The molecule has 2 amide bonds. The van der Waals surface area contributed by atoms with Gasteiger partial charge < -0.3 is 14.8 Å². The van der Waals surface area contributed by atoms with Crippen molar-refractivity contribution < 1.29 is 9.59 Å². The highest BCUT2D eigenvalue weighted by Gasteiger charge is 2.22. The zero-order chi connectivity index (χ0) is 22.5. The highest BCUT2D eigenvalue weighted by molar-refractivity contribution is 7.99. The summed E-state index contributed by atoms with van der Waals surface area (Å²) in [6.07, 6.45) is 3.55. The van der Waals surface area contributed by atoms with Gasteiger partial charge in [-0.2, -0.15) is 0 Å². The maximum Gasteiger partial charge on any atom is 0.253 e. The number of aryl methyl sites for hydroxylation is 1. The topological polar surface area (TPSA) is 70.5 Å². The van der Waals surface area contributed by atoms with Crippen molar-refractivity contribution in [3.8, 4) is 0 Å². The number of nitrogens with one attached hydrogen (secondary N) is 1. The fraction of sp³-hybridized carbons (Fsp3) is 0.318. The second kappa shape index (κ2) is 10.5. The van der Waals surface area contributed by atoms with Gasteiger partial charge in [0.15, 0.2) is 5.16 Å². The van der Waals surface area contributed by atoms with Crippen molar-refractivity contribution in [2.45, 2.75) is 11.7 Å². The number of hydrogen-bond acceptors (Lipinski definition) is 6. The van der Waals surface area contributed by atoms with Crippen LogP contribution in [0.15, 0.2) is 53.9 Å². The first-order valence-electron chi connectivity index (χ1n) is 10.2. The molecule has 1 aliphatic rings. The van der Waals surface area contributed by atoms with Crippen LogP contribution in [-0.2, 0) is 18.4 Å². The quantitative estimate of drug-likeness (QED) is 0.511. The number of piperazine rings is 1. The maximum absolute atomic E-state index is 12.9. The molecule has 10 heteroatoms. The number of aromatic nitrogens is 2. The fourth-order valence-corrected chi connectivity index (χ4v) is 5.33. The van der Waals surface area contributed by atoms with Gasteiger partial charge in [0.2, 0.25) is 5.91 Å². The molecule has 1 aromatic carbocycles. The van der Waals surface area contributed by atoms with Gasteiger partial charge in [0, 0.05) is 68.3 Å². The number of carbonyl (C=O) groups excluding carboxylic acids is 2. The number of halogens is 1. The fourth-order valence-electron chi connectivity index (χ4n) is 3.46. The zero-order valence-electron chi connectivity index (χ0n) is 17.7. The van der Waals surface area contributed by atoms with Crippen LogP contribution in [0.5, 0.6) is 0 Å². The Morgan fingerprint density at radius 1 is 1.12 bits per heavy atom. The van der Waals surface area contributed by atoms with Crippen LogP contribution in [0.3, 0.4) is 0 Å². The minimum Gasteiger partial charge on any atom is -0.336 e. The average molecular weight is 490 g/mol. The van der Waals surface area contributed by atoms with E-state index in [0.717, 1.165) is 29.1 Å². The summed E-state index contributed by atoms with van der Waals surface area (Å²) in [7, 11) is 1.89. The molecule has 0 unspecified atom stereocenters. The summed E-state index contributed by atoms with van der Waals surface area (Å²) in [5.41, 5.74) is 1.30. The molecule has 3 heterocycles. The van der Waals surface area contributed by atoms with Gasteiger partial charge in [0.25, 0.3) is 5.91 Å². The Morgan fingerprint density at radius 2 is 1.88 bits per heavy atom. The molecule has 0 bridgehead atoms. The molecule has 0 saturated carbocycles. The lowest BCUT2D eigenvalue weighted by Crippen LogP contribution is -2.48. The van der Waals surface area contributed by atoms with E-state index >= 15 is 0 Å². The van der Waals surface area contributed by atoms with Crippen molar-refractivity contribution in [2.24, 2.45) is 7.05 Å². The van der Waals surface area contributed by atoms with Gasteiger partial charge in [-0.1, -0.05) is 23.4 Å². The summed E-state index contributed by atoms with van der Waals surface area (Å²) in [6, 6.07) is 11.1. The van der Waals surface area contributed by atoms with Gasteiger partial charge >= 0.3 is 0 Å². The molecule has 1 N–H and O–H groups in total. The van der Waals surface area contributed by atoms with Crippen molar-refractivity contribution >= 4 is 52.2 Å². The van der Waals surface area contributed by atoms with E-state index in [1.165, 1.54) is 16.6 Å². The molecule has 7 nitrogen and oxygen atoms in total. The molecular formula is C22H24ClN5O2S2. The highest BCUT2D eigenvalue weighted by atomic mass is 35.5. The number of thioether (sulfide) groups is 1. The number of carbonyl (C=O) groups is 2. The molecule has 0 atom stereocenters. The Bertz CT molecular complexity index is 1070. The van der Waals surface area contributed by atoms with E-state index in [0.29, 0.717) is 24.3 Å². The number of anilines is 1. The van der Waals surface area contributed by atoms with Crippen molar-refractivity contribution in [1.82, 2.24) is 19.4 Å². The third-order valence-corrected chi connectivity index (χ3v) is 7.47. The lowest BCUT2D eigenvalue weighted by molar-refractivity contribution is -0.113. The Labute approximate surface area is 200 Å². The Hall–Kier alpha value is -2.33. The predicted molar refractivity (Wildman–Crippen MR) is 130 cm³/mol. The SMILES string of the molecule is Cn1ccnc1SCC(=O)Nc1ccc(C(=O)N2CCN(Cc3ccc(Cl)s3)CC2)cc1. The number of hydrogen-bond donors (Lipinski definition) is 1. The summed E-state index contributed by atoms with van der Waals surface area (Å²) in [4.78, 5) is 34.7. The normalized spacial score (nSPS) is 14.5. The van der Waals surface area contributed by atoms with Gasteiger partial charge in [0.1, 0.15) is 0 Å². The molecule has 1 saturated heterocycles. The van der Waals surface area contributed by atoms with E-state index in [4.69, 9.17) is 11.6 Å². The Balaban J connectivity index is 1.24. The van der Waals surface area contributed by atoms with Crippen LogP contribution in [0.1, 0.15) is 15.2 Å². The first-order chi connectivity index (χ1) is 15.5. The predicted octanol–water partition coefficient (Wildman–Crippen LogP) is 3.82. The number of amides is 2. The van der Waals surface area contributed by atoms with Crippen molar-refractivity contribution in [2.75, 3.05) is 37.2 Å².